The van der Waals surface area contributed by atoms with Gasteiger partial charge in [-0.15, -0.1) is 0 Å². The molecule has 3 aliphatic heterocycles. The van der Waals surface area contributed by atoms with Crippen LogP contribution < -0.4 is 16.7 Å². The number of rotatable bonds is 6. The average Bonchev–Trinajstić information content (AvgIpc) is 3.30. The van der Waals surface area contributed by atoms with E-state index in [1.807, 2.05) is 30.3 Å². The molecule has 42 heavy (non-hydrogen) atoms. The first-order valence-corrected chi connectivity index (χ1v) is 13.8. The normalized spacial score (nSPS) is 25.2. The Morgan fingerprint density at radius 3 is 2.26 bits per heavy atom. The van der Waals surface area contributed by atoms with Crippen LogP contribution in [0.25, 0.3) is 0 Å². The van der Waals surface area contributed by atoms with Crippen molar-refractivity contribution in [2.75, 3.05) is 58.2 Å². The van der Waals surface area contributed by atoms with Gasteiger partial charge in [-0.3, -0.25) is 14.2 Å². The first-order valence-electron chi connectivity index (χ1n) is 13.8. The predicted octanol–water partition coefficient (Wildman–Crippen LogP) is -2.23. The Balaban J connectivity index is 1.26. The Bertz CT molecular complexity index is 1330. The second-order valence-electron chi connectivity index (χ2n) is 10.4. The number of amides is 4. The first kappa shape index (κ1) is 29.4. The highest BCUT2D eigenvalue weighted by molar-refractivity contribution is 5.90. The van der Waals surface area contributed by atoms with E-state index in [1.165, 1.54) is 12.3 Å². The van der Waals surface area contributed by atoms with E-state index >= 15 is 0 Å². The minimum Gasteiger partial charge on any atom is -0.387 e. The van der Waals surface area contributed by atoms with Gasteiger partial charge in [0.25, 0.3) is 5.91 Å². The van der Waals surface area contributed by atoms with Crippen molar-refractivity contribution in [2.45, 2.75) is 37.0 Å². The van der Waals surface area contributed by atoms with E-state index in [9.17, 15) is 29.4 Å². The van der Waals surface area contributed by atoms with Gasteiger partial charge < -0.3 is 45.4 Å². The monoisotopic (exact) mass is 585 g/mol. The number of piperazine rings is 1. The van der Waals surface area contributed by atoms with Crippen molar-refractivity contribution in [3.05, 3.63) is 58.6 Å². The van der Waals surface area contributed by atoms with Crippen LogP contribution in [-0.4, -0.2) is 129 Å². The van der Waals surface area contributed by atoms with Crippen LogP contribution in [0.2, 0.25) is 0 Å². The molecule has 3 aliphatic rings. The number of nitrogen functional groups attached to an aromatic ring is 1. The zero-order valence-corrected chi connectivity index (χ0v) is 22.9. The molecule has 15 nitrogen and oxygen atoms in total. The third kappa shape index (κ3) is 6.38. The van der Waals surface area contributed by atoms with E-state index in [4.69, 9.17) is 15.2 Å². The molecule has 4 amide bonds. The average molecular weight is 586 g/mol. The standard InChI is InChI=1S/C27H35N7O8/c28-19-6-7-34(26(39)30-19)25-21(36)20(35)22(42-25)23(37)29-18(16-17-4-2-1-3-5-17)24(38)31-8-10-32(11-9-31)27(40)33-12-14-41-15-13-33/h1-7,18,20-22,25,35-36H,8-16H2,(H,29,37)(H2,28,30,39)/t18-,20+,21-,22+,25-/m1/s1. The van der Waals surface area contributed by atoms with Crippen LogP contribution in [0.1, 0.15) is 11.8 Å². The van der Waals surface area contributed by atoms with Crippen molar-refractivity contribution < 1.29 is 34.1 Å². The van der Waals surface area contributed by atoms with Gasteiger partial charge in [0, 0.05) is 51.9 Å². The number of carbonyl (C=O) groups is 3. The summed E-state index contributed by atoms with van der Waals surface area (Å²) in [7, 11) is 0. The summed E-state index contributed by atoms with van der Waals surface area (Å²) in [6, 6.07) is 9.33. The molecule has 0 unspecified atom stereocenters. The molecular weight excluding hydrogens is 550 g/mol. The first-order chi connectivity index (χ1) is 20.2. The van der Waals surface area contributed by atoms with Gasteiger partial charge in [0.2, 0.25) is 5.91 Å². The maximum Gasteiger partial charge on any atom is 0.351 e. The van der Waals surface area contributed by atoms with Crippen LogP contribution in [-0.2, 0) is 25.5 Å². The molecule has 0 saturated carbocycles. The van der Waals surface area contributed by atoms with Gasteiger partial charge >= 0.3 is 11.7 Å². The van der Waals surface area contributed by atoms with Crippen LogP contribution in [0, 0.1) is 0 Å². The fourth-order valence-corrected chi connectivity index (χ4v) is 5.32. The molecular formula is C27H35N7O8. The quantitative estimate of drug-likeness (QED) is 0.288. The van der Waals surface area contributed by atoms with Gasteiger partial charge in [-0.25, -0.2) is 9.59 Å². The van der Waals surface area contributed by atoms with Crippen LogP contribution in [0.4, 0.5) is 10.6 Å². The molecule has 3 fully saturated rings. The summed E-state index contributed by atoms with van der Waals surface area (Å²) < 4.78 is 11.9. The molecule has 3 saturated heterocycles. The zero-order valence-electron chi connectivity index (χ0n) is 22.9. The number of urea groups is 1. The van der Waals surface area contributed by atoms with Crippen LogP contribution in [0.3, 0.4) is 0 Å². The van der Waals surface area contributed by atoms with E-state index in [1.54, 1.807) is 14.7 Å². The summed E-state index contributed by atoms with van der Waals surface area (Å²) in [6.07, 6.45) is -4.85. The molecule has 0 aliphatic carbocycles. The highest BCUT2D eigenvalue weighted by atomic mass is 16.6. The van der Waals surface area contributed by atoms with E-state index < -0.39 is 42.2 Å². The van der Waals surface area contributed by atoms with Crippen molar-refractivity contribution in [2.24, 2.45) is 0 Å². The van der Waals surface area contributed by atoms with Gasteiger partial charge in [-0.2, -0.15) is 4.98 Å². The Hall–Kier alpha value is -4.05. The molecule has 5 atom stereocenters. The van der Waals surface area contributed by atoms with Gasteiger partial charge in [0.15, 0.2) is 12.3 Å². The molecule has 5 rings (SSSR count). The van der Waals surface area contributed by atoms with E-state index in [0.29, 0.717) is 39.4 Å². The molecule has 0 bridgehead atoms. The molecule has 1 aromatic carbocycles. The third-order valence-electron chi connectivity index (χ3n) is 7.66. The van der Waals surface area contributed by atoms with Crippen molar-refractivity contribution in [1.82, 2.24) is 29.6 Å². The molecule has 1 aromatic heterocycles. The number of benzene rings is 1. The number of anilines is 1. The Kier molecular flexibility index (Phi) is 9.01. The number of nitrogens with two attached hydrogens (primary N) is 1. The molecule has 15 heteroatoms. The van der Waals surface area contributed by atoms with Crippen molar-refractivity contribution in [3.8, 4) is 0 Å². The SMILES string of the molecule is Nc1ccn([C@@H]2O[C@H](C(=O)N[C@H](Cc3ccccc3)C(=O)N3CCN(C(=O)N4CCOCC4)CC3)[C@@H](O)[C@H]2O)c(=O)n1. The summed E-state index contributed by atoms with van der Waals surface area (Å²) in [5, 5.41) is 23.9. The van der Waals surface area contributed by atoms with E-state index in [2.05, 4.69) is 10.3 Å². The van der Waals surface area contributed by atoms with Crippen molar-refractivity contribution in [1.29, 1.82) is 0 Å². The lowest BCUT2D eigenvalue weighted by molar-refractivity contribution is -0.144. The molecule has 2 aromatic rings. The van der Waals surface area contributed by atoms with Crippen molar-refractivity contribution >= 4 is 23.7 Å². The van der Waals surface area contributed by atoms with Gasteiger partial charge in [0.1, 0.15) is 24.1 Å². The molecule has 5 N–H and O–H groups in total. The number of aliphatic hydroxyl groups excluding tert-OH is 2. The third-order valence-corrected chi connectivity index (χ3v) is 7.66. The number of ether oxygens (including phenoxy) is 2. The number of aliphatic hydroxyl groups is 2. The topological polar surface area (TPSA) is 193 Å². The smallest absolute Gasteiger partial charge is 0.351 e. The predicted molar refractivity (Wildman–Crippen MR) is 147 cm³/mol. The number of morpholine rings is 1. The lowest BCUT2D eigenvalue weighted by atomic mass is 10.0. The largest absolute Gasteiger partial charge is 0.387 e. The summed E-state index contributed by atoms with van der Waals surface area (Å²) >= 11 is 0. The second-order valence-corrected chi connectivity index (χ2v) is 10.4. The molecule has 0 radical (unpaired) electrons. The summed E-state index contributed by atoms with van der Waals surface area (Å²) in [4.78, 5) is 60.8. The van der Waals surface area contributed by atoms with Crippen molar-refractivity contribution in [3.63, 3.8) is 0 Å². The van der Waals surface area contributed by atoms with Gasteiger partial charge in [-0.1, -0.05) is 30.3 Å². The summed E-state index contributed by atoms with van der Waals surface area (Å²) in [6.45, 7) is 3.30. The minimum atomic E-state index is -1.68. The van der Waals surface area contributed by atoms with Gasteiger partial charge in [0.05, 0.1) is 13.2 Å². The van der Waals surface area contributed by atoms with E-state index in [-0.39, 0.29) is 37.3 Å². The number of hydrogen-bond acceptors (Lipinski definition) is 10. The van der Waals surface area contributed by atoms with E-state index in [0.717, 1.165) is 10.1 Å². The van der Waals surface area contributed by atoms with Crippen LogP contribution in [0.5, 0.6) is 0 Å². The fourth-order valence-electron chi connectivity index (χ4n) is 5.32. The highest BCUT2D eigenvalue weighted by Gasteiger charge is 2.48. The van der Waals surface area contributed by atoms with Crippen LogP contribution in [0.15, 0.2) is 47.4 Å². The number of carbonyl (C=O) groups excluding carboxylic acids is 3. The lowest BCUT2D eigenvalue weighted by Crippen LogP contribution is -2.59. The molecule has 226 valence electrons. The number of hydrogen-bond donors (Lipinski definition) is 4. The number of nitrogens with zero attached hydrogens (tertiary/aromatic N) is 5. The zero-order chi connectivity index (χ0) is 29.8. The molecule has 4 heterocycles. The lowest BCUT2D eigenvalue weighted by Gasteiger charge is -2.39. The Morgan fingerprint density at radius 2 is 1.60 bits per heavy atom. The molecule has 0 spiro atoms. The Labute approximate surface area is 241 Å². The second kappa shape index (κ2) is 12.9. The maximum absolute atomic E-state index is 13.7. The van der Waals surface area contributed by atoms with Crippen LogP contribution >= 0.6 is 0 Å². The number of aromatic nitrogens is 2. The number of nitrogens with one attached hydrogen (secondary N) is 1. The summed E-state index contributed by atoms with van der Waals surface area (Å²) in [5.74, 6) is -1.21. The maximum atomic E-state index is 13.7. The Morgan fingerprint density at radius 1 is 0.952 bits per heavy atom. The van der Waals surface area contributed by atoms with Gasteiger partial charge in [-0.05, 0) is 11.6 Å². The minimum absolute atomic E-state index is 0.0351. The fraction of sp³-hybridized carbons (Fsp3) is 0.519. The summed E-state index contributed by atoms with van der Waals surface area (Å²) in [5.41, 5.74) is 5.50. The highest BCUT2D eigenvalue weighted by Crippen LogP contribution is 2.29.